The van der Waals surface area contributed by atoms with Crippen LogP contribution in [0, 0.1) is 18.3 Å². The van der Waals surface area contributed by atoms with Gasteiger partial charge in [0.25, 0.3) is 0 Å². The zero-order valence-corrected chi connectivity index (χ0v) is 19.8. The number of aryl methyl sites for hydroxylation is 2. The van der Waals surface area contributed by atoms with E-state index in [1.165, 1.54) is 6.92 Å². The molecule has 1 aliphatic rings. The first-order valence-electron chi connectivity index (χ1n) is 11.6. The van der Waals surface area contributed by atoms with Gasteiger partial charge in [-0.1, -0.05) is 19.4 Å². The summed E-state index contributed by atoms with van der Waals surface area (Å²) in [5.74, 6) is 1.48. The molecule has 0 bridgehead atoms. The van der Waals surface area contributed by atoms with Crippen molar-refractivity contribution in [3.8, 4) is 6.07 Å². The molecular formula is C26H29N7O. The minimum atomic E-state index is -0.101. The molecule has 8 nitrogen and oxygen atoms in total. The van der Waals surface area contributed by atoms with E-state index in [9.17, 15) is 10.1 Å². The number of carbonyl (C=O) groups is 1. The van der Waals surface area contributed by atoms with Crippen molar-refractivity contribution in [1.29, 1.82) is 5.26 Å². The minimum Gasteiger partial charge on any atom is -0.356 e. The fraction of sp³-hybridized carbons (Fsp3) is 0.346. The summed E-state index contributed by atoms with van der Waals surface area (Å²) in [4.78, 5) is 27.9. The number of rotatable bonds is 7. The molecule has 0 saturated carbocycles. The summed E-state index contributed by atoms with van der Waals surface area (Å²) in [5.41, 5.74) is 5.00. The van der Waals surface area contributed by atoms with Crippen LogP contribution in [0.4, 0.5) is 23.1 Å². The fourth-order valence-electron chi connectivity index (χ4n) is 4.26. The van der Waals surface area contributed by atoms with E-state index in [1.54, 1.807) is 6.20 Å². The first kappa shape index (κ1) is 23.2. The van der Waals surface area contributed by atoms with Crippen LogP contribution in [0.2, 0.25) is 0 Å². The summed E-state index contributed by atoms with van der Waals surface area (Å²) in [6.45, 7) is 7.16. The lowest BCUT2D eigenvalue weighted by molar-refractivity contribution is -0.114. The van der Waals surface area contributed by atoms with E-state index in [0.717, 1.165) is 66.5 Å². The Morgan fingerprint density at radius 2 is 2.12 bits per heavy atom. The Hall–Kier alpha value is -3.99. The average molecular weight is 456 g/mol. The van der Waals surface area contributed by atoms with Crippen LogP contribution < -0.4 is 15.5 Å². The second kappa shape index (κ2) is 10.3. The Balaban J connectivity index is 1.58. The monoisotopic (exact) mass is 455 g/mol. The van der Waals surface area contributed by atoms with E-state index in [2.05, 4.69) is 39.6 Å². The number of hydrogen-bond acceptors (Lipinski definition) is 7. The largest absolute Gasteiger partial charge is 0.356 e. The molecule has 1 saturated heterocycles. The first-order chi connectivity index (χ1) is 16.5. The molecular weight excluding hydrogens is 426 g/mol. The maximum Gasteiger partial charge on any atom is 0.229 e. The topological polar surface area (TPSA) is 107 Å². The van der Waals surface area contributed by atoms with Gasteiger partial charge in [0.2, 0.25) is 11.9 Å². The summed E-state index contributed by atoms with van der Waals surface area (Å²) < 4.78 is 0. The first-order valence-corrected chi connectivity index (χ1v) is 11.6. The number of hydrogen-bond donors (Lipinski definition) is 2. The molecule has 34 heavy (non-hydrogen) atoms. The van der Waals surface area contributed by atoms with E-state index in [4.69, 9.17) is 9.97 Å². The van der Waals surface area contributed by atoms with Gasteiger partial charge in [0, 0.05) is 49.6 Å². The highest BCUT2D eigenvalue weighted by Crippen LogP contribution is 2.33. The lowest BCUT2D eigenvalue weighted by atomic mass is 10.0. The van der Waals surface area contributed by atoms with Crippen molar-refractivity contribution in [2.24, 2.45) is 0 Å². The number of anilines is 4. The van der Waals surface area contributed by atoms with Crippen molar-refractivity contribution in [3.63, 3.8) is 0 Å². The molecule has 174 valence electrons. The molecule has 8 heteroatoms. The van der Waals surface area contributed by atoms with Gasteiger partial charge >= 0.3 is 0 Å². The molecule has 1 atom stereocenters. The van der Waals surface area contributed by atoms with Gasteiger partial charge in [0.1, 0.15) is 5.82 Å². The quantitative estimate of drug-likeness (QED) is 0.532. The Bertz CT molecular complexity index is 1230. The average Bonchev–Trinajstić information content (AvgIpc) is 3.31. The Labute approximate surface area is 200 Å². The molecule has 3 aromatic rings. The Morgan fingerprint density at radius 3 is 2.88 bits per heavy atom. The van der Waals surface area contributed by atoms with Crippen molar-refractivity contribution in [1.82, 2.24) is 15.0 Å². The number of carbonyl (C=O) groups excluding carboxylic acids is 1. The van der Waals surface area contributed by atoms with Gasteiger partial charge in [-0.3, -0.25) is 9.78 Å². The maximum atomic E-state index is 11.6. The Morgan fingerprint density at radius 1 is 1.26 bits per heavy atom. The number of amides is 1. The van der Waals surface area contributed by atoms with E-state index in [0.29, 0.717) is 11.5 Å². The molecule has 2 aromatic heterocycles. The second-order valence-corrected chi connectivity index (χ2v) is 8.61. The van der Waals surface area contributed by atoms with Gasteiger partial charge in [-0.15, -0.1) is 0 Å². The number of nitriles is 1. The third-order valence-electron chi connectivity index (χ3n) is 5.93. The lowest BCUT2D eigenvalue weighted by Gasteiger charge is -2.20. The SMILES string of the molecule is CCCc1cc(N2CCC(c3ncccc3NC(C)=O)C2)nc(Nc2ccc(C)c(C#N)c2)n1. The molecule has 1 aromatic carbocycles. The van der Waals surface area contributed by atoms with Gasteiger partial charge in [0.15, 0.2) is 0 Å². The summed E-state index contributed by atoms with van der Waals surface area (Å²) in [6, 6.07) is 13.7. The number of aromatic nitrogens is 3. The third-order valence-corrected chi connectivity index (χ3v) is 5.93. The van der Waals surface area contributed by atoms with Crippen LogP contribution >= 0.6 is 0 Å². The van der Waals surface area contributed by atoms with E-state index < -0.39 is 0 Å². The van der Waals surface area contributed by atoms with E-state index in [-0.39, 0.29) is 11.8 Å². The third kappa shape index (κ3) is 5.31. The highest BCUT2D eigenvalue weighted by Gasteiger charge is 2.28. The van der Waals surface area contributed by atoms with Crippen molar-refractivity contribution < 1.29 is 4.79 Å². The molecule has 1 amide bonds. The zero-order valence-electron chi connectivity index (χ0n) is 19.8. The molecule has 1 fully saturated rings. The Kier molecular flexibility index (Phi) is 7.02. The lowest BCUT2D eigenvalue weighted by Crippen LogP contribution is -2.22. The number of nitrogens with one attached hydrogen (secondary N) is 2. The van der Waals surface area contributed by atoms with Gasteiger partial charge in [0.05, 0.1) is 23.0 Å². The molecule has 0 radical (unpaired) electrons. The maximum absolute atomic E-state index is 11.6. The molecule has 0 spiro atoms. The van der Waals surface area contributed by atoms with Crippen LogP contribution in [0.25, 0.3) is 0 Å². The summed E-state index contributed by atoms with van der Waals surface area (Å²) in [5, 5.41) is 15.5. The van der Waals surface area contributed by atoms with Crippen molar-refractivity contribution >= 4 is 29.0 Å². The molecule has 0 aliphatic carbocycles. The van der Waals surface area contributed by atoms with Gasteiger partial charge in [-0.2, -0.15) is 10.2 Å². The van der Waals surface area contributed by atoms with Gasteiger partial charge in [-0.05, 0) is 49.6 Å². The predicted molar refractivity (Wildman–Crippen MR) is 133 cm³/mol. The van der Waals surface area contributed by atoms with Crippen LogP contribution in [0.5, 0.6) is 0 Å². The van der Waals surface area contributed by atoms with Gasteiger partial charge < -0.3 is 15.5 Å². The van der Waals surface area contributed by atoms with Crippen LogP contribution in [0.1, 0.15) is 55.1 Å². The number of nitrogens with zero attached hydrogens (tertiary/aromatic N) is 5. The van der Waals surface area contributed by atoms with Gasteiger partial charge in [-0.25, -0.2) is 4.98 Å². The summed E-state index contributed by atoms with van der Waals surface area (Å²) in [7, 11) is 0. The highest BCUT2D eigenvalue weighted by atomic mass is 16.1. The molecule has 3 heterocycles. The standard InChI is InChI=1S/C26H29N7O/c1-4-6-21-14-24(32-26(30-21)31-22-9-8-17(2)20(13-22)15-27)33-12-10-19(16-33)25-23(29-18(3)34)7-5-11-28-25/h5,7-9,11,13-14,19H,4,6,10,12,16H2,1-3H3,(H,29,34)(H,30,31,32). The smallest absolute Gasteiger partial charge is 0.229 e. The number of benzene rings is 1. The fourth-order valence-corrected chi connectivity index (χ4v) is 4.26. The van der Waals surface area contributed by atoms with Crippen LogP contribution in [0.3, 0.4) is 0 Å². The normalized spacial score (nSPS) is 15.1. The van der Waals surface area contributed by atoms with Crippen molar-refractivity contribution in [2.45, 2.75) is 46.0 Å². The predicted octanol–water partition coefficient (Wildman–Crippen LogP) is 4.70. The number of pyridine rings is 1. The van der Waals surface area contributed by atoms with E-state index >= 15 is 0 Å². The van der Waals surface area contributed by atoms with Crippen LogP contribution in [-0.4, -0.2) is 33.9 Å². The molecule has 1 aliphatic heterocycles. The highest BCUT2D eigenvalue weighted by molar-refractivity contribution is 5.89. The van der Waals surface area contributed by atoms with Crippen LogP contribution in [-0.2, 0) is 11.2 Å². The summed E-state index contributed by atoms with van der Waals surface area (Å²) in [6.07, 6.45) is 4.52. The van der Waals surface area contributed by atoms with Crippen molar-refractivity contribution in [3.05, 3.63) is 65.1 Å². The van der Waals surface area contributed by atoms with E-state index in [1.807, 2.05) is 37.3 Å². The molecule has 2 N–H and O–H groups in total. The minimum absolute atomic E-state index is 0.101. The second-order valence-electron chi connectivity index (χ2n) is 8.61. The molecule has 1 unspecified atom stereocenters. The summed E-state index contributed by atoms with van der Waals surface area (Å²) >= 11 is 0. The van der Waals surface area contributed by atoms with Crippen LogP contribution in [0.15, 0.2) is 42.6 Å². The molecule has 4 rings (SSSR count). The zero-order chi connectivity index (χ0) is 24.1. The van der Waals surface area contributed by atoms with Crippen molar-refractivity contribution in [2.75, 3.05) is 28.6 Å².